The Bertz CT molecular complexity index is 362. The van der Waals surface area contributed by atoms with Crippen molar-refractivity contribution in [2.75, 3.05) is 18.1 Å². The van der Waals surface area contributed by atoms with Crippen LogP contribution in [0.3, 0.4) is 0 Å². The van der Waals surface area contributed by atoms with E-state index in [4.69, 9.17) is 4.74 Å². The van der Waals surface area contributed by atoms with Gasteiger partial charge in [-0.2, -0.15) is 0 Å². The van der Waals surface area contributed by atoms with Gasteiger partial charge in [0, 0.05) is 11.7 Å². The van der Waals surface area contributed by atoms with Gasteiger partial charge in [-0.1, -0.05) is 0 Å². The number of hydrogen-bond acceptors (Lipinski definition) is 3. The molecule has 1 aromatic carbocycles. The zero-order chi connectivity index (χ0) is 12.8. The summed E-state index contributed by atoms with van der Waals surface area (Å²) in [6.45, 7) is 6.27. The summed E-state index contributed by atoms with van der Waals surface area (Å²) in [5.74, 6) is -0.556. The largest absolute Gasteiger partial charge is 0.465 e. The van der Waals surface area contributed by atoms with Gasteiger partial charge in [-0.25, -0.2) is 4.39 Å². The van der Waals surface area contributed by atoms with E-state index in [-0.39, 0.29) is 24.4 Å². The van der Waals surface area contributed by atoms with Gasteiger partial charge < -0.3 is 9.64 Å². The first-order valence-electron chi connectivity index (χ1n) is 5.72. The van der Waals surface area contributed by atoms with Crippen LogP contribution in [0.5, 0.6) is 0 Å². The van der Waals surface area contributed by atoms with Gasteiger partial charge in [-0.15, -0.1) is 0 Å². The molecule has 0 aromatic heterocycles. The number of carbonyl (C=O) groups excluding carboxylic acids is 1. The van der Waals surface area contributed by atoms with Gasteiger partial charge in [0.05, 0.1) is 6.61 Å². The Morgan fingerprint density at radius 3 is 2.41 bits per heavy atom. The molecule has 0 saturated carbocycles. The van der Waals surface area contributed by atoms with E-state index in [2.05, 4.69) is 0 Å². The molecule has 0 amide bonds. The Labute approximate surface area is 101 Å². The van der Waals surface area contributed by atoms with Crippen LogP contribution in [-0.4, -0.2) is 25.2 Å². The predicted molar refractivity (Wildman–Crippen MR) is 65.5 cm³/mol. The number of rotatable bonds is 5. The zero-order valence-corrected chi connectivity index (χ0v) is 10.4. The topological polar surface area (TPSA) is 29.5 Å². The first-order valence-corrected chi connectivity index (χ1v) is 5.72. The van der Waals surface area contributed by atoms with E-state index in [0.717, 1.165) is 5.69 Å². The molecule has 3 nitrogen and oxygen atoms in total. The molecular weight excluding hydrogens is 221 g/mol. The number of esters is 1. The Morgan fingerprint density at radius 2 is 1.94 bits per heavy atom. The van der Waals surface area contributed by atoms with E-state index in [1.165, 1.54) is 12.1 Å². The Hall–Kier alpha value is -1.58. The quantitative estimate of drug-likeness (QED) is 0.740. The molecule has 0 fully saturated rings. The number of halogens is 1. The highest BCUT2D eigenvalue weighted by Gasteiger charge is 2.15. The molecule has 17 heavy (non-hydrogen) atoms. The predicted octanol–water partition coefficient (Wildman–Crippen LogP) is 2.60. The van der Waals surface area contributed by atoms with E-state index < -0.39 is 0 Å². The third-order valence-electron chi connectivity index (χ3n) is 2.39. The normalized spacial score (nSPS) is 10.4. The van der Waals surface area contributed by atoms with Crippen LogP contribution in [0, 0.1) is 5.82 Å². The van der Waals surface area contributed by atoms with Crippen molar-refractivity contribution < 1.29 is 13.9 Å². The van der Waals surface area contributed by atoms with Crippen LogP contribution in [0.1, 0.15) is 20.8 Å². The van der Waals surface area contributed by atoms with Crippen LogP contribution in [0.4, 0.5) is 10.1 Å². The van der Waals surface area contributed by atoms with Crippen molar-refractivity contribution >= 4 is 11.7 Å². The second kappa shape index (κ2) is 6.23. The molecule has 0 unspecified atom stereocenters. The fourth-order valence-corrected chi connectivity index (χ4v) is 1.55. The summed E-state index contributed by atoms with van der Waals surface area (Å²) >= 11 is 0. The highest BCUT2D eigenvalue weighted by atomic mass is 19.1. The molecule has 0 spiro atoms. The summed E-state index contributed by atoms with van der Waals surface area (Å²) in [7, 11) is 0. The van der Waals surface area contributed by atoms with Crippen molar-refractivity contribution in [3.63, 3.8) is 0 Å². The van der Waals surface area contributed by atoms with Crippen LogP contribution in [-0.2, 0) is 9.53 Å². The molecule has 0 aliphatic carbocycles. The fourth-order valence-electron chi connectivity index (χ4n) is 1.55. The van der Waals surface area contributed by atoms with E-state index in [0.29, 0.717) is 6.61 Å². The van der Waals surface area contributed by atoms with Gasteiger partial charge >= 0.3 is 5.97 Å². The van der Waals surface area contributed by atoms with Crippen LogP contribution in [0.25, 0.3) is 0 Å². The summed E-state index contributed by atoms with van der Waals surface area (Å²) in [6.07, 6.45) is 0. The molecule has 0 aliphatic heterocycles. The smallest absolute Gasteiger partial charge is 0.325 e. The van der Waals surface area contributed by atoms with Crippen molar-refractivity contribution in [2.24, 2.45) is 0 Å². The van der Waals surface area contributed by atoms with Crippen molar-refractivity contribution in [1.82, 2.24) is 0 Å². The molecule has 0 atom stereocenters. The van der Waals surface area contributed by atoms with Gasteiger partial charge in [0.25, 0.3) is 0 Å². The Morgan fingerprint density at radius 1 is 1.35 bits per heavy atom. The maximum atomic E-state index is 12.8. The van der Waals surface area contributed by atoms with Crippen molar-refractivity contribution in [3.05, 3.63) is 30.1 Å². The summed E-state index contributed by atoms with van der Waals surface area (Å²) in [5.41, 5.74) is 0.814. The van der Waals surface area contributed by atoms with Gasteiger partial charge in [-0.3, -0.25) is 4.79 Å². The molecule has 0 bridgehead atoms. The molecular formula is C13H18FNO2. The van der Waals surface area contributed by atoms with E-state index in [9.17, 15) is 9.18 Å². The molecule has 0 heterocycles. The lowest BCUT2D eigenvalue weighted by Gasteiger charge is -2.27. The summed E-state index contributed by atoms with van der Waals surface area (Å²) in [5, 5.41) is 0. The highest BCUT2D eigenvalue weighted by molar-refractivity contribution is 5.76. The van der Waals surface area contributed by atoms with Crippen LogP contribution >= 0.6 is 0 Å². The number of anilines is 1. The van der Waals surface area contributed by atoms with Crippen LogP contribution < -0.4 is 4.90 Å². The number of hydrogen-bond donors (Lipinski definition) is 0. The lowest BCUT2D eigenvalue weighted by atomic mass is 10.2. The van der Waals surface area contributed by atoms with Gasteiger partial charge in [0.1, 0.15) is 12.4 Å². The van der Waals surface area contributed by atoms with E-state index in [1.54, 1.807) is 19.1 Å². The fraction of sp³-hybridized carbons (Fsp3) is 0.462. The number of benzene rings is 1. The Kier molecular flexibility index (Phi) is 4.94. The van der Waals surface area contributed by atoms with Crippen LogP contribution in [0.15, 0.2) is 24.3 Å². The van der Waals surface area contributed by atoms with Crippen molar-refractivity contribution in [3.8, 4) is 0 Å². The molecule has 1 rings (SSSR count). The maximum absolute atomic E-state index is 12.8. The van der Waals surface area contributed by atoms with Crippen molar-refractivity contribution in [2.45, 2.75) is 26.8 Å². The summed E-state index contributed by atoms with van der Waals surface area (Å²) in [6, 6.07) is 6.24. The minimum Gasteiger partial charge on any atom is -0.465 e. The molecule has 0 aliphatic rings. The molecule has 0 saturated heterocycles. The van der Waals surface area contributed by atoms with E-state index in [1.807, 2.05) is 18.7 Å². The standard InChI is InChI=1S/C13H18FNO2/c1-4-17-13(16)9-15(10(2)3)12-7-5-11(14)6-8-12/h5-8,10H,4,9H2,1-3H3. The van der Waals surface area contributed by atoms with Gasteiger partial charge in [-0.05, 0) is 45.0 Å². The Balaban J connectivity index is 2.79. The lowest BCUT2D eigenvalue weighted by molar-refractivity contribution is -0.141. The highest BCUT2D eigenvalue weighted by Crippen LogP contribution is 2.17. The second-order valence-corrected chi connectivity index (χ2v) is 4.00. The SMILES string of the molecule is CCOC(=O)CN(c1ccc(F)cc1)C(C)C. The second-order valence-electron chi connectivity index (χ2n) is 4.00. The third kappa shape index (κ3) is 4.06. The molecule has 1 aromatic rings. The minimum absolute atomic E-state index is 0.143. The summed E-state index contributed by atoms with van der Waals surface area (Å²) < 4.78 is 17.7. The first-order chi connectivity index (χ1) is 8.04. The van der Waals surface area contributed by atoms with E-state index >= 15 is 0 Å². The van der Waals surface area contributed by atoms with Gasteiger partial charge in [0.2, 0.25) is 0 Å². The maximum Gasteiger partial charge on any atom is 0.325 e. The molecule has 0 N–H and O–H groups in total. The first kappa shape index (κ1) is 13.5. The molecule has 0 radical (unpaired) electrons. The monoisotopic (exact) mass is 239 g/mol. The van der Waals surface area contributed by atoms with Crippen molar-refractivity contribution in [1.29, 1.82) is 0 Å². The minimum atomic E-state index is -0.284. The van der Waals surface area contributed by atoms with Crippen LogP contribution in [0.2, 0.25) is 0 Å². The average Bonchev–Trinajstić information content (AvgIpc) is 2.27. The summed E-state index contributed by atoms with van der Waals surface area (Å²) in [4.78, 5) is 13.3. The zero-order valence-electron chi connectivity index (χ0n) is 10.4. The molecule has 94 valence electrons. The number of carbonyl (C=O) groups is 1. The number of nitrogens with zero attached hydrogens (tertiary/aromatic N) is 1. The third-order valence-corrected chi connectivity index (χ3v) is 2.39. The molecule has 4 heteroatoms. The average molecular weight is 239 g/mol. The lowest BCUT2D eigenvalue weighted by Crippen LogP contribution is -2.36. The number of ether oxygens (including phenoxy) is 1. The van der Waals surface area contributed by atoms with Gasteiger partial charge in [0.15, 0.2) is 0 Å².